The van der Waals surface area contributed by atoms with Gasteiger partial charge in [0, 0.05) is 33.1 Å². The molecule has 4 heteroatoms. The lowest BCUT2D eigenvalue weighted by molar-refractivity contribution is 0.103. The van der Waals surface area contributed by atoms with Crippen LogP contribution in [-0.2, 0) is 0 Å². The molecule has 0 spiro atoms. The first-order valence-electron chi connectivity index (χ1n) is 13.2. The van der Waals surface area contributed by atoms with Gasteiger partial charge in [-0.05, 0) is 35.5 Å². The molecule has 0 radical (unpaired) electrons. The van der Waals surface area contributed by atoms with E-state index in [4.69, 9.17) is 0 Å². The van der Waals surface area contributed by atoms with Crippen LogP contribution in [0.25, 0.3) is 9.81 Å². The van der Waals surface area contributed by atoms with Crippen molar-refractivity contribution >= 4 is 44.9 Å². The lowest BCUT2D eigenvalue weighted by Crippen LogP contribution is -1.96. The summed E-state index contributed by atoms with van der Waals surface area (Å²) in [5.74, 6) is 1.95. The first kappa shape index (κ1) is 28.4. The Labute approximate surface area is 240 Å². The molecule has 196 valence electrons. The predicted molar refractivity (Wildman–Crippen MR) is 169 cm³/mol. The molecule has 4 aromatic carbocycles. The van der Waals surface area contributed by atoms with E-state index < -0.39 is 0 Å². The molecule has 0 atom stereocenters. The van der Waals surface area contributed by atoms with Gasteiger partial charge in [0.2, 0.25) is 0 Å². The van der Waals surface area contributed by atoms with Crippen LogP contribution in [0, 0.1) is 0 Å². The van der Waals surface area contributed by atoms with Gasteiger partial charge in [-0.1, -0.05) is 128 Å². The van der Waals surface area contributed by atoms with Crippen molar-refractivity contribution in [1.82, 2.24) is 0 Å². The average molecular weight is 549 g/mol. The number of hydrogen-bond acceptors (Lipinski definition) is 4. The van der Waals surface area contributed by atoms with E-state index in [1.807, 2.05) is 97.1 Å². The molecule has 0 aromatic heterocycles. The van der Waals surface area contributed by atoms with Gasteiger partial charge in [0.15, 0.2) is 11.6 Å². The lowest BCUT2D eigenvalue weighted by atomic mass is 10.1. The first-order valence-corrected chi connectivity index (χ1v) is 15.2. The van der Waals surface area contributed by atoms with Crippen LogP contribution >= 0.6 is 23.5 Å². The van der Waals surface area contributed by atoms with Gasteiger partial charge in [0.05, 0.1) is 0 Å². The molecule has 4 aromatic rings. The van der Waals surface area contributed by atoms with E-state index in [1.165, 1.54) is 0 Å². The molecule has 0 saturated heterocycles. The Kier molecular flexibility index (Phi) is 11.5. The van der Waals surface area contributed by atoms with Gasteiger partial charge in [0.1, 0.15) is 0 Å². The van der Waals surface area contributed by atoms with E-state index in [-0.39, 0.29) is 11.6 Å². The maximum atomic E-state index is 12.8. The number of hydrogen-bond donors (Lipinski definition) is 0. The van der Waals surface area contributed by atoms with E-state index in [2.05, 4.69) is 24.3 Å². The molecule has 0 fully saturated rings. The number of carbonyl (C=O) groups excluding carboxylic acids is 2. The number of thioether (sulfide) groups is 2. The van der Waals surface area contributed by atoms with Crippen molar-refractivity contribution in [3.63, 3.8) is 0 Å². The first-order chi connectivity index (χ1) is 19.2. The van der Waals surface area contributed by atoms with Gasteiger partial charge >= 0.3 is 0 Å². The fourth-order valence-corrected chi connectivity index (χ4v) is 6.10. The van der Waals surface area contributed by atoms with Crippen molar-refractivity contribution in [3.8, 4) is 0 Å². The molecule has 0 aliphatic rings. The second-order valence-corrected chi connectivity index (χ2v) is 11.2. The number of carbonyl (C=O) groups is 2. The number of allylic oxidation sites excluding steroid dienone is 2. The average Bonchev–Trinajstić information content (AvgIpc) is 3.01. The number of rotatable bonds is 14. The molecular weight excluding hydrogens is 517 g/mol. The molecule has 4 rings (SSSR count). The van der Waals surface area contributed by atoms with E-state index in [1.54, 1.807) is 35.7 Å². The second kappa shape index (κ2) is 15.7. The minimum absolute atomic E-state index is 0.0311. The van der Waals surface area contributed by atoms with Crippen LogP contribution in [0.1, 0.15) is 51.1 Å². The smallest absolute Gasteiger partial charge is 0.186 e. The van der Waals surface area contributed by atoms with Crippen molar-refractivity contribution in [2.24, 2.45) is 0 Å². The molecule has 0 N–H and O–H groups in total. The van der Waals surface area contributed by atoms with Crippen molar-refractivity contribution in [2.45, 2.75) is 19.3 Å². The predicted octanol–water partition coefficient (Wildman–Crippen LogP) is 9.47. The Morgan fingerprint density at radius 1 is 0.436 bits per heavy atom. The van der Waals surface area contributed by atoms with Gasteiger partial charge in [-0.2, -0.15) is 0 Å². The highest BCUT2D eigenvalue weighted by molar-refractivity contribution is 8.08. The second-order valence-electron chi connectivity index (χ2n) is 8.97. The number of unbranched alkanes of at least 4 members (excludes halogenated alkanes) is 2. The lowest BCUT2D eigenvalue weighted by Gasteiger charge is -2.09. The summed E-state index contributed by atoms with van der Waals surface area (Å²) in [6.07, 6.45) is 6.74. The van der Waals surface area contributed by atoms with Crippen LogP contribution in [-0.4, -0.2) is 23.1 Å². The van der Waals surface area contributed by atoms with Crippen LogP contribution in [0.4, 0.5) is 0 Å². The Bertz CT molecular complexity index is 1270. The van der Waals surface area contributed by atoms with Crippen LogP contribution in [0.3, 0.4) is 0 Å². The highest BCUT2D eigenvalue weighted by atomic mass is 32.2. The van der Waals surface area contributed by atoms with Crippen LogP contribution in [0.15, 0.2) is 133 Å². The van der Waals surface area contributed by atoms with Crippen molar-refractivity contribution in [1.29, 1.82) is 0 Å². The Balaban J connectivity index is 1.30. The standard InChI is InChI=1S/C35H32O2S2/c36-32(28-16-6-1-7-17-28)26-34(30-20-10-3-11-21-30)38-24-14-5-15-25-39-35(31-22-12-4-13-23-31)27-33(37)29-18-8-2-9-19-29/h1-4,6-13,16-23,26-27H,5,14-15,24-25H2/b34-26+,35-27+. The molecule has 0 bridgehead atoms. The normalized spacial score (nSPS) is 11.8. The Morgan fingerprint density at radius 3 is 1.08 bits per heavy atom. The third kappa shape index (κ3) is 9.27. The molecule has 0 aliphatic carbocycles. The highest BCUT2D eigenvalue weighted by Gasteiger charge is 2.09. The molecular formula is C35H32O2S2. The van der Waals surface area contributed by atoms with Crippen molar-refractivity contribution < 1.29 is 9.59 Å². The zero-order valence-electron chi connectivity index (χ0n) is 21.9. The highest BCUT2D eigenvalue weighted by Crippen LogP contribution is 2.31. The Hall–Kier alpha value is -3.60. The minimum Gasteiger partial charge on any atom is -0.289 e. The summed E-state index contributed by atoms with van der Waals surface area (Å²) in [6.45, 7) is 0. The van der Waals surface area contributed by atoms with Crippen LogP contribution in [0.5, 0.6) is 0 Å². The van der Waals surface area contributed by atoms with E-state index >= 15 is 0 Å². The van der Waals surface area contributed by atoms with Crippen LogP contribution in [0.2, 0.25) is 0 Å². The molecule has 0 unspecified atom stereocenters. The fraction of sp³-hybridized carbons (Fsp3) is 0.143. The molecule has 0 aliphatic heterocycles. The largest absolute Gasteiger partial charge is 0.289 e. The molecule has 0 saturated carbocycles. The van der Waals surface area contributed by atoms with E-state index in [9.17, 15) is 9.59 Å². The molecule has 0 heterocycles. The number of ketones is 2. The fourth-order valence-electron chi connectivity index (χ4n) is 3.98. The summed E-state index contributed by atoms with van der Waals surface area (Å²) in [5.41, 5.74) is 3.55. The number of benzene rings is 4. The SMILES string of the molecule is O=C(/C=C(/SCCCCCS/C(=C/C(=O)c1ccccc1)c1ccccc1)c1ccccc1)c1ccccc1. The maximum Gasteiger partial charge on any atom is 0.186 e. The summed E-state index contributed by atoms with van der Waals surface area (Å²) >= 11 is 3.48. The molecule has 2 nitrogen and oxygen atoms in total. The summed E-state index contributed by atoms with van der Waals surface area (Å²) in [5, 5.41) is 0. The monoisotopic (exact) mass is 548 g/mol. The summed E-state index contributed by atoms with van der Waals surface area (Å²) in [6, 6.07) is 39.1. The van der Waals surface area contributed by atoms with Gasteiger partial charge < -0.3 is 0 Å². The summed E-state index contributed by atoms with van der Waals surface area (Å²) in [4.78, 5) is 27.7. The molecule has 0 amide bonds. The summed E-state index contributed by atoms with van der Waals surface area (Å²) in [7, 11) is 0. The van der Waals surface area contributed by atoms with E-state index in [0.29, 0.717) is 11.1 Å². The third-order valence-electron chi connectivity index (χ3n) is 6.06. The van der Waals surface area contributed by atoms with Crippen molar-refractivity contribution in [2.75, 3.05) is 11.5 Å². The minimum atomic E-state index is 0.0311. The maximum absolute atomic E-state index is 12.8. The van der Waals surface area contributed by atoms with Gasteiger partial charge in [-0.15, -0.1) is 23.5 Å². The quantitative estimate of drug-likeness (QED) is 0.0893. The summed E-state index contributed by atoms with van der Waals surface area (Å²) < 4.78 is 0. The molecule has 39 heavy (non-hydrogen) atoms. The van der Waals surface area contributed by atoms with Crippen LogP contribution < -0.4 is 0 Å². The van der Waals surface area contributed by atoms with Gasteiger partial charge in [0.25, 0.3) is 0 Å². The van der Waals surface area contributed by atoms with Gasteiger partial charge in [-0.3, -0.25) is 9.59 Å². The van der Waals surface area contributed by atoms with E-state index in [0.717, 1.165) is 51.7 Å². The third-order valence-corrected chi connectivity index (χ3v) is 8.38. The van der Waals surface area contributed by atoms with Crippen molar-refractivity contribution in [3.05, 3.63) is 156 Å². The zero-order chi connectivity index (χ0) is 27.1. The topological polar surface area (TPSA) is 34.1 Å². The van der Waals surface area contributed by atoms with Gasteiger partial charge in [-0.25, -0.2) is 0 Å². The Morgan fingerprint density at radius 2 is 0.744 bits per heavy atom. The zero-order valence-corrected chi connectivity index (χ0v) is 23.5.